The lowest BCUT2D eigenvalue weighted by Crippen LogP contribution is -2.66. The van der Waals surface area contributed by atoms with Crippen LogP contribution in [0.25, 0.3) is 0 Å². The molecular weight excluding hydrogens is 826 g/mol. The van der Waals surface area contributed by atoms with E-state index in [1.807, 2.05) is 62.3 Å². The Bertz CT molecular complexity index is 1960. The lowest BCUT2D eigenvalue weighted by atomic mass is 9.72. The van der Waals surface area contributed by atoms with Gasteiger partial charge in [-0.3, -0.25) is 24.2 Å². The van der Waals surface area contributed by atoms with Gasteiger partial charge < -0.3 is 33.3 Å². The van der Waals surface area contributed by atoms with Crippen molar-refractivity contribution in [3.05, 3.63) is 71.8 Å². The highest BCUT2D eigenvalue weighted by molar-refractivity contribution is 6.08. The number of hydrogen-bond donors (Lipinski definition) is 0. The van der Waals surface area contributed by atoms with Crippen LogP contribution in [0.4, 0.5) is 9.18 Å². The Hall–Kier alpha value is -4.28. The number of halogens is 1. The van der Waals surface area contributed by atoms with E-state index in [-0.39, 0.29) is 36.8 Å². The van der Waals surface area contributed by atoms with E-state index in [9.17, 15) is 19.2 Å². The van der Waals surface area contributed by atoms with Crippen LogP contribution >= 0.6 is 0 Å². The van der Waals surface area contributed by atoms with Gasteiger partial charge in [-0.1, -0.05) is 88.4 Å². The molecule has 4 fully saturated rings. The number of ether oxygens (including phenoxy) is 6. The smallest absolute Gasteiger partial charge is 0.411 e. The third kappa shape index (κ3) is 9.38. The van der Waals surface area contributed by atoms with Crippen LogP contribution in [0, 0.1) is 17.8 Å². The lowest BCUT2D eigenvalue weighted by Gasteiger charge is -2.50. The zero-order valence-electron chi connectivity index (χ0n) is 39.4. The highest BCUT2D eigenvalue weighted by atomic mass is 19.1. The molecule has 0 radical (unpaired) electrons. The summed E-state index contributed by atoms with van der Waals surface area (Å²) in [6.07, 6.45) is -5.32. The van der Waals surface area contributed by atoms with E-state index in [4.69, 9.17) is 28.4 Å². The molecule has 64 heavy (non-hydrogen) atoms. The molecular formula is C49H68FN3O11. The third-order valence-corrected chi connectivity index (χ3v) is 14.3. The van der Waals surface area contributed by atoms with Gasteiger partial charge in [0, 0.05) is 44.9 Å². The van der Waals surface area contributed by atoms with Crippen LogP contribution in [0.2, 0.25) is 0 Å². The van der Waals surface area contributed by atoms with Gasteiger partial charge in [0.25, 0.3) is 5.67 Å². The molecule has 0 N–H and O–H groups in total. The minimum Gasteiger partial charge on any atom is -0.455 e. The second-order valence-electron chi connectivity index (χ2n) is 19.2. The number of fused-ring (bicyclic) bond motifs is 1. The maximum atomic E-state index is 17.2. The lowest BCUT2D eigenvalue weighted by molar-refractivity contribution is -0.298. The summed E-state index contributed by atoms with van der Waals surface area (Å²) in [6.45, 7) is 14.8. The minimum atomic E-state index is -3.21. The summed E-state index contributed by atoms with van der Waals surface area (Å²) in [7, 11) is 5.08. The van der Waals surface area contributed by atoms with Gasteiger partial charge in [-0.15, -0.1) is 0 Å². The Balaban J connectivity index is 1.38. The fraction of sp³-hybridized carbons (Fsp3) is 0.653. The zero-order chi connectivity index (χ0) is 47.1. The molecule has 0 spiro atoms. The Morgan fingerprint density at radius 2 is 1.50 bits per heavy atom. The Labute approximate surface area is 377 Å². The number of ketones is 2. The molecule has 13 atom stereocenters. The van der Waals surface area contributed by atoms with Gasteiger partial charge in [0.2, 0.25) is 0 Å². The van der Waals surface area contributed by atoms with Crippen molar-refractivity contribution < 1.29 is 56.8 Å². The minimum absolute atomic E-state index is 0.0253. The number of cyclic esters (lactones) is 1. The molecule has 2 unspecified atom stereocenters. The van der Waals surface area contributed by atoms with Gasteiger partial charge in [0.05, 0.1) is 42.0 Å². The molecule has 0 bridgehead atoms. The van der Waals surface area contributed by atoms with Gasteiger partial charge in [0.1, 0.15) is 11.9 Å². The first-order valence-corrected chi connectivity index (χ1v) is 22.6. The monoisotopic (exact) mass is 893 g/mol. The highest BCUT2D eigenvalue weighted by Crippen LogP contribution is 2.46. The molecule has 14 nitrogen and oxygen atoms in total. The number of hydrogen-bond acceptors (Lipinski definition) is 13. The average molecular weight is 894 g/mol. The van der Waals surface area contributed by atoms with E-state index in [1.165, 1.54) is 21.0 Å². The number of likely N-dealkylation sites (tertiary alicyclic amines) is 1. The van der Waals surface area contributed by atoms with Crippen LogP contribution in [0.3, 0.4) is 0 Å². The number of carbonyl (C=O) groups is 5. The molecule has 2 aromatic carbocycles. The van der Waals surface area contributed by atoms with E-state index >= 15 is 9.18 Å². The first kappa shape index (κ1) is 49.2. The number of nitrogens with zero attached hydrogens (tertiary/aromatic N) is 3. The molecule has 0 aliphatic carbocycles. The Morgan fingerprint density at radius 1 is 0.922 bits per heavy atom. The largest absolute Gasteiger partial charge is 0.455 e. The summed E-state index contributed by atoms with van der Waals surface area (Å²) in [5.41, 5.74) is -4.17. The molecule has 6 rings (SSSR count). The summed E-state index contributed by atoms with van der Waals surface area (Å²) in [5, 5.41) is 0. The van der Waals surface area contributed by atoms with E-state index in [1.54, 1.807) is 39.5 Å². The van der Waals surface area contributed by atoms with Crippen LogP contribution in [0.1, 0.15) is 98.7 Å². The summed E-state index contributed by atoms with van der Waals surface area (Å²) in [5.74, 6) is -6.50. The van der Waals surface area contributed by atoms with Crippen molar-refractivity contribution in [2.75, 3.05) is 34.3 Å². The number of alkyl halides is 1. The van der Waals surface area contributed by atoms with Crippen molar-refractivity contribution >= 4 is 29.6 Å². The van der Waals surface area contributed by atoms with Crippen LogP contribution in [-0.4, -0.2) is 144 Å². The molecule has 2 aromatic rings. The number of esters is 2. The van der Waals surface area contributed by atoms with Crippen LogP contribution in [0.15, 0.2) is 60.7 Å². The van der Waals surface area contributed by atoms with E-state index in [2.05, 4.69) is 29.2 Å². The van der Waals surface area contributed by atoms with Crippen molar-refractivity contribution in [3.63, 3.8) is 0 Å². The standard InChI is InChI=1S/C49H68FN3O11/c1-13-37-49(9)41(53(46(58)64-49)35-26-52(27-35)38(33-20-16-14-17-21-33)34-22-18-15-19-23-34)30(4)39(55)28(2)25-47(7,59-12)43(31(5)42(56)48(8,50)45(57)62-37)63-44-40(61-32(6)54)36(51(10)11)24-29(3)60-44/h14-23,28-31,35-38,40-41,43-44H,13,24-27H2,1-12H3/t28-,29+,30-,31+,36-,37-,40-,41+,43-,44-,47?,48?,49-/m0/s1. The Morgan fingerprint density at radius 3 is 2.02 bits per heavy atom. The van der Waals surface area contributed by atoms with Crippen molar-refractivity contribution in [1.29, 1.82) is 0 Å². The van der Waals surface area contributed by atoms with Gasteiger partial charge in [-0.25, -0.2) is 14.0 Å². The molecule has 4 aliphatic heterocycles. The average Bonchev–Trinajstić information content (AvgIpc) is 3.51. The predicted molar refractivity (Wildman–Crippen MR) is 235 cm³/mol. The molecule has 0 saturated carbocycles. The molecule has 4 heterocycles. The molecule has 1 amide bonds. The molecule has 4 saturated heterocycles. The number of benzene rings is 2. The van der Waals surface area contributed by atoms with Gasteiger partial charge in [0.15, 0.2) is 23.8 Å². The summed E-state index contributed by atoms with van der Waals surface area (Å²) >= 11 is 0. The second-order valence-corrected chi connectivity index (χ2v) is 19.2. The quantitative estimate of drug-likeness (QED) is 0.149. The van der Waals surface area contributed by atoms with Crippen LogP contribution in [-0.2, 0) is 47.6 Å². The fourth-order valence-corrected chi connectivity index (χ4v) is 10.9. The SMILES string of the molecule is CC[C@@H]1OC(=O)C(C)(F)C(=O)[C@@H](C)[C@H](O[C@@H]2O[C@H](C)C[C@H](N(C)C)[C@@H]2OC(C)=O)C(C)(OC)C[C@H](C)C(=O)[C@H](C)[C@H]2N(C3CN(C(c4ccccc4)c4ccccc4)C3)C(=O)O[C@@]12C. The number of rotatable bonds is 10. The van der Waals surface area contributed by atoms with Crippen LogP contribution in [0.5, 0.6) is 0 Å². The van der Waals surface area contributed by atoms with Gasteiger partial charge in [-0.05, 0) is 72.2 Å². The first-order chi connectivity index (χ1) is 30.1. The topological polar surface area (TPSA) is 150 Å². The molecule has 0 aromatic heterocycles. The Kier molecular flexibility index (Phi) is 14.8. The normalized spacial score (nSPS) is 37.1. The number of methoxy groups -OCH3 is 1. The molecule has 15 heteroatoms. The van der Waals surface area contributed by atoms with E-state index < -0.39 is 95.1 Å². The maximum Gasteiger partial charge on any atom is 0.411 e. The van der Waals surface area contributed by atoms with Crippen molar-refractivity contribution in [2.45, 2.75) is 153 Å². The van der Waals surface area contributed by atoms with E-state index in [0.717, 1.165) is 18.1 Å². The van der Waals surface area contributed by atoms with Gasteiger partial charge >= 0.3 is 18.0 Å². The number of Topliss-reactive ketones (excluding diaryl/α,β-unsaturated/α-hetero) is 2. The van der Waals surface area contributed by atoms with Crippen LogP contribution < -0.4 is 0 Å². The predicted octanol–water partition coefficient (Wildman–Crippen LogP) is 6.33. The zero-order valence-corrected chi connectivity index (χ0v) is 39.4. The summed E-state index contributed by atoms with van der Waals surface area (Å²) in [6, 6.07) is 18.4. The summed E-state index contributed by atoms with van der Waals surface area (Å²) < 4.78 is 54.4. The molecule has 4 aliphatic rings. The second kappa shape index (κ2) is 19.3. The highest BCUT2D eigenvalue weighted by Gasteiger charge is 2.64. The third-order valence-electron chi connectivity index (χ3n) is 14.3. The summed E-state index contributed by atoms with van der Waals surface area (Å²) in [4.78, 5) is 76.3. The fourth-order valence-electron chi connectivity index (χ4n) is 10.9. The number of likely N-dealkylation sites (N-methyl/N-ethyl adjacent to an activating group) is 1. The molecule has 352 valence electrons. The van der Waals surface area contributed by atoms with Gasteiger partial charge in [-0.2, -0.15) is 0 Å². The van der Waals surface area contributed by atoms with Crippen molar-refractivity contribution in [1.82, 2.24) is 14.7 Å². The van der Waals surface area contributed by atoms with E-state index in [0.29, 0.717) is 19.5 Å². The number of carbonyl (C=O) groups excluding carboxylic acids is 5. The first-order valence-electron chi connectivity index (χ1n) is 22.6. The van der Waals surface area contributed by atoms with Crippen molar-refractivity contribution in [3.8, 4) is 0 Å². The van der Waals surface area contributed by atoms with Crippen molar-refractivity contribution in [2.24, 2.45) is 17.8 Å². The number of amides is 1. The maximum absolute atomic E-state index is 17.2.